The van der Waals surface area contributed by atoms with Crippen molar-refractivity contribution >= 4 is 75.8 Å². The Hall–Kier alpha value is -8.98. The largest absolute Gasteiger partial charge is 0.464 e. The van der Waals surface area contributed by atoms with E-state index in [1.54, 1.807) is 12.5 Å². The van der Waals surface area contributed by atoms with Crippen molar-refractivity contribution in [2.45, 2.75) is 88.5 Å². The summed E-state index contributed by atoms with van der Waals surface area (Å²) in [4.78, 5) is 0. The predicted molar refractivity (Wildman–Crippen MR) is 354 cm³/mol. The first kappa shape index (κ1) is 58.2. The molecule has 2 aromatic heterocycles. The minimum Gasteiger partial charge on any atom is -0.464 e. The predicted octanol–water partition coefficient (Wildman–Crippen LogP) is 23.1. The molecule has 406 valence electrons. The van der Waals surface area contributed by atoms with Crippen molar-refractivity contribution in [3.8, 4) is 0 Å². The van der Waals surface area contributed by atoms with Gasteiger partial charge in [-0.1, -0.05) is 261 Å². The molecule has 0 radical (unpaired) electrons. The van der Waals surface area contributed by atoms with Gasteiger partial charge in [0.05, 0.1) is 12.5 Å². The molecule has 14 rings (SSSR count). The van der Waals surface area contributed by atoms with Crippen LogP contribution >= 0.6 is 0 Å². The molecular weight excluding hydrogens is 981 g/mol. The Morgan fingerprint density at radius 3 is 1.17 bits per heavy atom. The summed E-state index contributed by atoms with van der Waals surface area (Å²) >= 11 is 0. The van der Waals surface area contributed by atoms with Crippen LogP contribution in [0.25, 0.3) is 75.8 Å². The van der Waals surface area contributed by atoms with Crippen molar-refractivity contribution in [2.75, 3.05) is 0 Å². The SMILES string of the molecule is Cc1cc(C)c2ccccc2c1.Cc1cc(C)c2ccoc2c1.Cc1ccc2cccc(C(C)(C)C)c2c1.Cc1ccc2ccccc2c1.Cc1ccc2ccccc2c1.Cc1cccc2ccccc12.Cc1cccc2occc12. The van der Waals surface area contributed by atoms with Crippen LogP contribution in [-0.4, -0.2) is 0 Å². The number of fused-ring (bicyclic) bond motifs is 7. The van der Waals surface area contributed by atoms with E-state index in [9.17, 15) is 0 Å². The molecule has 0 fully saturated rings. The molecule has 0 atom stereocenters. The Labute approximate surface area is 481 Å². The van der Waals surface area contributed by atoms with Crippen LogP contribution in [0.1, 0.15) is 76.4 Å². The third kappa shape index (κ3) is 15.9. The van der Waals surface area contributed by atoms with E-state index in [1.807, 2.05) is 24.3 Å². The molecule has 12 aromatic carbocycles. The fraction of sp³-hybridized carbons (Fsp3) is 0.165. The molecule has 2 nitrogen and oxygen atoms in total. The molecule has 2 heterocycles. The van der Waals surface area contributed by atoms with Gasteiger partial charge in [-0.05, 0) is 179 Å². The van der Waals surface area contributed by atoms with Crippen LogP contribution in [0.4, 0.5) is 0 Å². The van der Waals surface area contributed by atoms with Crippen LogP contribution in [-0.2, 0) is 5.41 Å². The van der Waals surface area contributed by atoms with Gasteiger partial charge in [0.2, 0.25) is 0 Å². The van der Waals surface area contributed by atoms with Crippen molar-refractivity contribution in [3.05, 3.63) is 311 Å². The second-order valence-electron chi connectivity index (χ2n) is 22.4. The monoisotopic (exact) mass is 1060 g/mol. The Morgan fingerprint density at radius 1 is 0.235 bits per heavy atom. The number of aryl methyl sites for hydroxylation is 9. The Bertz CT molecular complexity index is 4240. The smallest absolute Gasteiger partial charge is 0.134 e. The van der Waals surface area contributed by atoms with Crippen molar-refractivity contribution in [1.82, 2.24) is 0 Å². The summed E-state index contributed by atoms with van der Waals surface area (Å²) in [6, 6.07) is 85.1. The summed E-state index contributed by atoms with van der Waals surface area (Å²) in [6.07, 6.45) is 3.45. The van der Waals surface area contributed by atoms with Crippen molar-refractivity contribution in [1.29, 1.82) is 0 Å². The van der Waals surface area contributed by atoms with Gasteiger partial charge in [-0.2, -0.15) is 0 Å². The van der Waals surface area contributed by atoms with E-state index < -0.39 is 0 Å². The molecule has 0 saturated carbocycles. The Morgan fingerprint density at radius 2 is 0.617 bits per heavy atom. The molecule has 0 spiro atoms. The van der Waals surface area contributed by atoms with Crippen LogP contribution in [0.3, 0.4) is 0 Å². The van der Waals surface area contributed by atoms with Gasteiger partial charge >= 0.3 is 0 Å². The van der Waals surface area contributed by atoms with Crippen molar-refractivity contribution < 1.29 is 8.83 Å². The Balaban J connectivity index is 0.000000124. The highest BCUT2D eigenvalue weighted by Gasteiger charge is 2.16. The average molecular weight is 1060 g/mol. The molecule has 81 heavy (non-hydrogen) atoms. The Kier molecular flexibility index (Phi) is 19.6. The van der Waals surface area contributed by atoms with E-state index in [4.69, 9.17) is 8.83 Å². The number of rotatable bonds is 0. The third-order valence-electron chi connectivity index (χ3n) is 14.5. The zero-order valence-electron chi connectivity index (χ0n) is 49.6. The fourth-order valence-corrected chi connectivity index (χ4v) is 10.3. The highest BCUT2D eigenvalue weighted by molar-refractivity contribution is 5.89. The maximum atomic E-state index is 5.28. The molecule has 0 aliphatic rings. The first-order valence-corrected chi connectivity index (χ1v) is 28.2. The summed E-state index contributed by atoms with van der Waals surface area (Å²) in [5, 5.41) is 15.8. The van der Waals surface area contributed by atoms with Crippen molar-refractivity contribution in [3.63, 3.8) is 0 Å². The highest BCUT2D eigenvalue weighted by Crippen LogP contribution is 2.31. The third-order valence-corrected chi connectivity index (χ3v) is 14.5. The summed E-state index contributed by atoms with van der Waals surface area (Å²) in [6.45, 7) is 25.9. The van der Waals surface area contributed by atoms with Crippen molar-refractivity contribution in [2.24, 2.45) is 0 Å². The number of furan rings is 2. The van der Waals surface area contributed by atoms with E-state index >= 15 is 0 Å². The molecule has 0 N–H and O–H groups in total. The zero-order valence-corrected chi connectivity index (χ0v) is 49.6. The maximum Gasteiger partial charge on any atom is 0.134 e. The summed E-state index contributed by atoms with van der Waals surface area (Å²) in [7, 11) is 0. The number of hydrogen-bond acceptors (Lipinski definition) is 2. The summed E-state index contributed by atoms with van der Waals surface area (Å²) < 4.78 is 10.5. The van der Waals surface area contributed by atoms with Crippen LogP contribution in [0.15, 0.2) is 264 Å². The molecule has 0 unspecified atom stereocenters. The van der Waals surface area contributed by atoms with E-state index in [2.05, 4.69) is 301 Å². The highest BCUT2D eigenvalue weighted by atomic mass is 16.3. The zero-order chi connectivity index (χ0) is 57.5. The van der Waals surface area contributed by atoms with Gasteiger partial charge in [0.1, 0.15) is 11.2 Å². The topological polar surface area (TPSA) is 26.3 Å². The van der Waals surface area contributed by atoms with Gasteiger partial charge in [0, 0.05) is 10.8 Å². The van der Waals surface area contributed by atoms with Crippen LogP contribution < -0.4 is 0 Å². The van der Waals surface area contributed by atoms with Gasteiger partial charge in [0.25, 0.3) is 0 Å². The standard InChI is InChI=1S/C15H18.C12H12.3C11H10.C10H10O.C9H8O/c1-11-8-9-12-6-5-7-14(13(12)10-11)15(2,3)4;1-9-7-10(2)12-6-4-3-5-11(12)8-9;1-9-5-4-7-10-6-2-3-8-11(9)10;2*1-9-6-7-10-4-2-3-5-11(10)8-9;1-7-5-8(2)9-3-4-11-10(9)6-7;1-7-3-2-4-9-8(7)5-6-10-9/h5-10H,1-4H3;3-8H,1-2H3;3*2-8H,1H3;3-6H,1-2H3;2-6H,1H3. The lowest BCUT2D eigenvalue weighted by molar-refractivity contribution is 0.596. The molecule has 0 amide bonds. The second-order valence-corrected chi connectivity index (χ2v) is 22.4. The van der Waals surface area contributed by atoms with Crippen LogP contribution in [0.2, 0.25) is 0 Å². The lowest BCUT2D eigenvalue weighted by atomic mass is 9.83. The molecule has 0 aliphatic heterocycles. The minimum atomic E-state index is 0.216. The van der Waals surface area contributed by atoms with Gasteiger partial charge in [-0.3, -0.25) is 0 Å². The number of hydrogen-bond donors (Lipinski definition) is 0. The summed E-state index contributed by atoms with van der Waals surface area (Å²) in [5.41, 5.74) is 15.5. The molecule has 14 aromatic rings. The average Bonchev–Trinajstić information content (AvgIpc) is 4.31. The first-order valence-electron chi connectivity index (χ1n) is 28.2. The number of benzene rings is 12. The van der Waals surface area contributed by atoms with E-state index in [1.165, 1.54) is 120 Å². The van der Waals surface area contributed by atoms with Gasteiger partial charge in [-0.15, -0.1) is 0 Å². The lowest BCUT2D eigenvalue weighted by Gasteiger charge is -2.21. The second kappa shape index (κ2) is 27.3. The quantitative estimate of drug-likeness (QED) is 0.151. The van der Waals surface area contributed by atoms with Crippen LogP contribution in [0.5, 0.6) is 0 Å². The lowest BCUT2D eigenvalue weighted by Crippen LogP contribution is -2.11. The van der Waals surface area contributed by atoms with Gasteiger partial charge in [-0.25, -0.2) is 0 Å². The molecule has 0 aliphatic carbocycles. The van der Waals surface area contributed by atoms with E-state index in [0.29, 0.717) is 0 Å². The summed E-state index contributed by atoms with van der Waals surface area (Å²) in [5.74, 6) is 0. The fourth-order valence-electron chi connectivity index (χ4n) is 10.3. The normalized spacial score (nSPS) is 10.7. The van der Waals surface area contributed by atoms with E-state index in [-0.39, 0.29) is 5.41 Å². The first-order chi connectivity index (χ1) is 39.0. The maximum absolute atomic E-state index is 5.28. The van der Waals surface area contributed by atoms with Crippen LogP contribution in [0, 0.1) is 62.3 Å². The van der Waals surface area contributed by atoms with Gasteiger partial charge < -0.3 is 8.83 Å². The molecule has 0 bridgehead atoms. The van der Waals surface area contributed by atoms with Gasteiger partial charge in [0.15, 0.2) is 0 Å². The van der Waals surface area contributed by atoms with E-state index in [0.717, 1.165) is 11.2 Å². The molecule has 0 saturated heterocycles. The minimum absolute atomic E-state index is 0.216. The molecular formula is C79H78O2. The molecule has 2 heteroatoms.